The molecule has 0 amide bonds. The molecule has 2 aromatic rings. The Kier molecular flexibility index (Phi) is 2.08. The summed E-state index contributed by atoms with van der Waals surface area (Å²) in [5, 5.41) is 9.59. The topological polar surface area (TPSA) is 25.2 Å². The molecule has 1 N–H and O–H groups in total. The molecule has 1 aromatic carbocycles. The number of fused-ring (bicyclic) bond motifs is 1. The second kappa shape index (κ2) is 3.13. The molecule has 72 valence electrons. The Morgan fingerprint density at radius 3 is 2.86 bits per heavy atom. The quantitative estimate of drug-likeness (QED) is 0.634. The number of rotatable bonds is 1. The van der Waals surface area contributed by atoms with Crippen LogP contribution >= 0.6 is 0 Å². The first-order valence-corrected chi connectivity index (χ1v) is 4.49. The van der Waals surface area contributed by atoms with E-state index in [1.54, 1.807) is 17.7 Å². The zero-order chi connectivity index (χ0) is 10.3. The smallest absolute Gasteiger partial charge is 0.154 e. The van der Waals surface area contributed by atoms with Crippen molar-refractivity contribution >= 4 is 24.2 Å². The first kappa shape index (κ1) is 9.28. The predicted octanol–water partition coefficient (Wildman–Crippen LogP) is 0.0681. The maximum absolute atomic E-state index is 13.7. The summed E-state index contributed by atoms with van der Waals surface area (Å²) in [5.74, 6) is -0.311. The maximum Gasteiger partial charge on any atom is 0.154 e. The van der Waals surface area contributed by atoms with Gasteiger partial charge in [-0.05, 0) is 6.07 Å². The molecule has 0 unspecified atom stereocenters. The van der Waals surface area contributed by atoms with E-state index in [0.717, 1.165) is 11.0 Å². The van der Waals surface area contributed by atoms with Crippen molar-refractivity contribution in [2.75, 3.05) is 0 Å². The van der Waals surface area contributed by atoms with Crippen molar-refractivity contribution < 1.29 is 9.50 Å². The summed E-state index contributed by atoms with van der Waals surface area (Å²) in [7, 11) is 3.68. The Bertz CT molecular complexity index is 492. The summed E-state index contributed by atoms with van der Waals surface area (Å²) in [6.07, 6.45) is 0. The van der Waals surface area contributed by atoms with E-state index in [9.17, 15) is 4.39 Å². The summed E-state index contributed by atoms with van der Waals surface area (Å²) >= 11 is 0. The highest BCUT2D eigenvalue weighted by molar-refractivity contribution is 6.33. The number of aliphatic hydroxyl groups is 1. The highest BCUT2D eigenvalue weighted by Gasteiger charge is 2.13. The number of hydrogen-bond acceptors (Lipinski definition) is 1. The summed E-state index contributed by atoms with van der Waals surface area (Å²) in [4.78, 5) is 0. The SMILES string of the molecule is Bc1ccc2c(c1)c(F)c(CO)n2C. The van der Waals surface area contributed by atoms with E-state index in [1.165, 1.54) is 0 Å². The molecule has 0 radical (unpaired) electrons. The van der Waals surface area contributed by atoms with E-state index in [2.05, 4.69) is 0 Å². The van der Waals surface area contributed by atoms with Gasteiger partial charge in [0.25, 0.3) is 0 Å². The molecule has 4 heteroatoms. The summed E-state index contributed by atoms with van der Waals surface area (Å²) in [6, 6.07) is 5.60. The number of aromatic nitrogens is 1. The number of benzene rings is 1. The van der Waals surface area contributed by atoms with E-state index in [4.69, 9.17) is 5.11 Å². The molecule has 0 aliphatic heterocycles. The van der Waals surface area contributed by atoms with Gasteiger partial charge in [0, 0.05) is 12.4 Å². The number of nitrogens with zero attached hydrogens (tertiary/aromatic N) is 1. The Morgan fingerprint density at radius 2 is 2.21 bits per heavy atom. The first-order valence-electron chi connectivity index (χ1n) is 4.49. The van der Waals surface area contributed by atoms with Crippen LogP contribution in [0, 0.1) is 5.82 Å². The van der Waals surface area contributed by atoms with Crippen LogP contribution in [0.3, 0.4) is 0 Å². The van der Waals surface area contributed by atoms with E-state index in [0.29, 0.717) is 11.1 Å². The number of halogens is 1. The molecule has 1 heterocycles. The van der Waals surface area contributed by atoms with Crippen molar-refractivity contribution in [3.05, 3.63) is 29.7 Å². The van der Waals surface area contributed by atoms with Crippen LogP contribution in [0.4, 0.5) is 4.39 Å². The molecular formula is C10H11BFNO. The van der Waals surface area contributed by atoms with Crippen molar-refractivity contribution in [3.63, 3.8) is 0 Å². The van der Waals surface area contributed by atoms with Crippen LogP contribution in [0.25, 0.3) is 10.9 Å². The highest BCUT2D eigenvalue weighted by Crippen LogP contribution is 2.22. The third-order valence-corrected chi connectivity index (χ3v) is 2.56. The fraction of sp³-hybridized carbons (Fsp3) is 0.200. The van der Waals surface area contributed by atoms with Gasteiger partial charge in [-0.2, -0.15) is 0 Å². The lowest BCUT2D eigenvalue weighted by molar-refractivity contribution is 0.267. The lowest BCUT2D eigenvalue weighted by Crippen LogP contribution is -2.00. The minimum atomic E-state index is -0.311. The van der Waals surface area contributed by atoms with Gasteiger partial charge >= 0.3 is 0 Å². The molecule has 0 saturated heterocycles. The molecule has 0 aliphatic carbocycles. The molecule has 14 heavy (non-hydrogen) atoms. The normalized spacial score (nSPS) is 11.1. The van der Waals surface area contributed by atoms with Gasteiger partial charge in [0.15, 0.2) is 5.82 Å². The number of aliphatic hydroxyl groups excluding tert-OH is 1. The molecule has 2 rings (SSSR count). The van der Waals surface area contributed by atoms with E-state index in [1.807, 2.05) is 20.0 Å². The molecule has 0 saturated carbocycles. The van der Waals surface area contributed by atoms with Crippen molar-refractivity contribution in [1.82, 2.24) is 4.57 Å². The highest BCUT2D eigenvalue weighted by atomic mass is 19.1. The first-order chi connectivity index (χ1) is 6.65. The monoisotopic (exact) mass is 191 g/mol. The lowest BCUT2D eigenvalue weighted by atomic mass is 9.95. The van der Waals surface area contributed by atoms with E-state index in [-0.39, 0.29) is 12.4 Å². The fourth-order valence-corrected chi connectivity index (χ4v) is 1.74. The summed E-state index contributed by atoms with van der Waals surface area (Å²) in [5.41, 5.74) is 2.18. The van der Waals surface area contributed by atoms with E-state index < -0.39 is 0 Å². The second-order valence-corrected chi connectivity index (χ2v) is 3.50. The Labute approximate surface area is 82.4 Å². The molecule has 0 fully saturated rings. The molecule has 0 atom stereocenters. The molecule has 2 nitrogen and oxygen atoms in total. The van der Waals surface area contributed by atoms with Crippen molar-refractivity contribution in [1.29, 1.82) is 0 Å². The van der Waals surface area contributed by atoms with Crippen molar-refractivity contribution in [3.8, 4) is 0 Å². The Morgan fingerprint density at radius 1 is 1.50 bits per heavy atom. The summed E-state index contributed by atoms with van der Waals surface area (Å²) < 4.78 is 15.4. The van der Waals surface area contributed by atoms with Crippen molar-refractivity contribution in [2.24, 2.45) is 7.05 Å². The van der Waals surface area contributed by atoms with Gasteiger partial charge < -0.3 is 9.67 Å². The molecule has 0 spiro atoms. The van der Waals surface area contributed by atoms with Crippen LogP contribution in [0.15, 0.2) is 18.2 Å². The zero-order valence-electron chi connectivity index (χ0n) is 8.21. The fourth-order valence-electron chi connectivity index (χ4n) is 1.74. The molecule has 1 aromatic heterocycles. The van der Waals surface area contributed by atoms with Crippen LogP contribution in [-0.2, 0) is 13.7 Å². The third kappa shape index (κ3) is 1.15. The van der Waals surface area contributed by atoms with Gasteiger partial charge in [0.1, 0.15) is 7.85 Å². The molecule has 0 bridgehead atoms. The second-order valence-electron chi connectivity index (χ2n) is 3.50. The van der Waals surface area contributed by atoms with Crippen LogP contribution in [-0.4, -0.2) is 17.5 Å². The average molecular weight is 191 g/mol. The maximum atomic E-state index is 13.7. The van der Waals surface area contributed by atoms with Gasteiger partial charge in [-0.15, -0.1) is 0 Å². The number of aryl methyl sites for hydroxylation is 1. The van der Waals surface area contributed by atoms with Crippen LogP contribution in [0.1, 0.15) is 5.69 Å². The van der Waals surface area contributed by atoms with Gasteiger partial charge in [-0.1, -0.05) is 17.6 Å². The van der Waals surface area contributed by atoms with Gasteiger partial charge in [-0.3, -0.25) is 0 Å². The minimum absolute atomic E-state index is 0.268. The molecule has 0 aliphatic rings. The van der Waals surface area contributed by atoms with Crippen LogP contribution in [0.2, 0.25) is 0 Å². The van der Waals surface area contributed by atoms with Gasteiger partial charge in [0.2, 0.25) is 0 Å². The Hall–Kier alpha value is -1.29. The van der Waals surface area contributed by atoms with Crippen molar-refractivity contribution in [2.45, 2.75) is 6.61 Å². The van der Waals surface area contributed by atoms with Crippen LogP contribution < -0.4 is 5.46 Å². The predicted molar refractivity (Wildman–Crippen MR) is 57.0 cm³/mol. The average Bonchev–Trinajstić information content (AvgIpc) is 2.39. The number of hydrogen-bond donors (Lipinski definition) is 1. The van der Waals surface area contributed by atoms with Gasteiger partial charge in [0.05, 0.1) is 17.8 Å². The standard InChI is InChI=1S/C10H11BFNO/c1-13-8-3-2-6(11)4-7(8)10(12)9(13)5-14/h2-4,14H,5,11H2,1H3. The molecular weight excluding hydrogens is 180 g/mol. The van der Waals surface area contributed by atoms with Gasteiger partial charge in [-0.25, -0.2) is 4.39 Å². The Balaban J connectivity index is 2.87. The third-order valence-electron chi connectivity index (χ3n) is 2.56. The van der Waals surface area contributed by atoms with E-state index >= 15 is 0 Å². The van der Waals surface area contributed by atoms with Crippen LogP contribution in [0.5, 0.6) is 0 Å². The minimum Gasteiger partial charge on any atom is -0.390 e. The zero-order valence-corrected chi connectivity index (χ0v) is 8.21. The largest absolute Gasteiger partial charge is 0.390 e. The summed E-state index contributed by atoms with van der Waals surface area (Å²) in [6.45, 7) is -0.268. The lowest BCUT2D eigenvalue weighted by Gasteiger charge is -1.99.